The van der Waals surface area contributed by atoms with Gasteiger partial charge in [0.25, 0.3) is 0 Å². The highest BCUT2D eigenvalue weighted by Gasteiger charge is 2.21. The number of hydrogen-bond donors (Lipinski definition) is 0. The largest absolute Gasteiger partial charge is 0.355 e. The van der Waals surface area contributed by atoms with Crippen molar-refractivity contribution in [1.82, 2.24) is 14.9 Å². The molecule has 2 aromatic rings. The molecule has 0 radical (unpaired) electrons. The van der Waals surface area contributed by atoms with Gasteiger partial charge < -0.3 is 9.80 Å². The molecule has 1 aliphatic heterocycles. The van der Waals surface area contributed by atoms with E-state index in [1.54, 1.807) is 12.3 Å². The first kappa shape index (κ1) is 20.9. The van der Waals surface area contributed by atoms with Crippen LogP contribution in [0.3, 0.4) is 0 Å². The highest BCUT2D eigenvalue weighted by atomic mass is 79.9. The smallest absolute Gasteiger partial charge is 0.213 e. The third kappa shape index (κ3) is 5.39. The van der Waals surface area contributed by atoms with E-state index in [0.29, 0.717) is 22.4 Å². The third-order valence-corrected chi connectivity index (χ3v) is 5.31. The molecular formula is C22H29BrN4O. The number of rotatable bonds is 4. The third-order valence-electron chi connectivity index (χ3n) is 4.88. The lowest BCUT2D eigenvalue weighted by Gasteiger charge is -2.29. The van der Waals surface area contributed by atoms with Crippen molar-refractivity contribution in [2.45, 2.75) is 34.1 Å². The van der Waals surface area contributed by atoms with E-state index in [-0.39, 0.29) is 5.78 Å². The topological polar surface area (TPSA) is 49.3 Å². The number of hydrogen-bond acceptors (Lipinski definition) is 5. The molecule has 1 aliphatic rings. The summed E-state index contributed by atoms with van der Waals surface area (Å²) >= 11 is 3.40. The molecule has 5 nitrogen and oxygen atoms in total. The Bertz CT molecular complexity index is 847. The van der Waals surface area contributed by atoms with Gasteiger partial charge in [-0.05, 0) is 59.4 Å². The van der Waals surface area contributed by atoms with Gasteiger partial charge in [-0.1, -0.05) is 26.8 Å². The quantitative estimate of drug-likeness (QED) is 0.656. The molecule has 0 atom stereocenters. The minimum Gasteiger partial charge on any atom is -0.355 e. The van der Waals surface area contributed by atoms with Crippen molar-refractivity contribution >= 4 is 27.5 Å². The van der Waals surface area contributed by atoms with Crippen LogP contribution in [0.2, 0.25) is 0 Å². The maximum atomic E-state index is 13.0. The Morgan fingerprint density at radius 2 is 1.96 bits per heavy atom. The average Bonchev–Trinajstić information content (AvgIpc) is 2.87. The van der Waals surface area contributed by atoms with Crippen LogP contribution in [0.1, 0.15) is 48.9 Å². The van der Waals surface area contributed by atoms with Gasteiger partial charge in [-0.15, -0.1) is 0 Å². The van der Waals surface area contributed by atoms with Crippen molar-refractivity contribution in [2.75, 3.05) is 37.6 Å². The Hall–Kier alpha value is -1.79. The SMILES string of the molecule is Cc1ncc(Br)cc1C(=O)c1cccc(N2CCCN(CC(C)(C)C)CC2)n1. The summed E-state index contributed by atoms with van der Waals surface area (Å²) < 4.78 is 0.795. The van der Waals surface area contributed by atoms with Gasteiger partial charge in [0.05, 0.1) is 0 Å². The number of anilines is 1. The molecule has 6 heteroatoms. The van der Waals surface area contributed by atoms with Crippen LogP contribution in [-0.2, 0) is 0 Å². The first-order chi connectivity index (χ1) is 13.2. The fourth-order valence-electron chi connectivity index (χ4n) is 3.63. The molecule has 0 aliphatic carbocycles. The number of carbonyl (C=O) groups excluding carboxylic acids is 1. The summed E-state index contributed by atoms with van der Waals surface area (Å²) in [6, 6.07) is 7.53. The molecule has 0 bridgehead atoms. The van der Waals surface area contributed by atoms with Crippen LogP contribution in [-0.4, -0.2) is 53.4 Å². The summed E-state index contributed by atoms with van der Waals surface area (Å²) in [6.45, 7) is 13.8. The van der Waals surface area contributed by atoms with Crippen molar-refractivity contribution in [1.29, 1.82) is 0 Å². The molecule has 0 N–H and O–H groups in total. The molecule has 3 heterocycles. The zero-order valence-corrected chi connectivity index (χ0v) is 18.8. The summed E-state index contributed by atoms with van der Waals surface area (Å²) in [5.41, 5.74) is 2.07. The fourth-order valence-corrected chi connectivity index (χ4v) is 3.96. The van der Waals surface area contributed by atoms with Crippen molar-refractivity contribution < 1.29 is 4.79 Å². The van der Waals surface area contributed by atoms with Gasteiger partial charge in [0.2, 0.25) is 5.78 Å². The molecule has 2 aromatic heterocycles. The normalized spacial score (nSPS) is 16.1. The molecule has 28 heavy (non-hydrogen) atoms. The fraction of sp³-hybridized carbons (Fsp3) is 0.500. The van der Waals surface area contributed by atoms with E-state index < -0.39 is 0 Å². The van der Waals surface area contributed by atoms with Crippen LogP contribution in [0, 0.1) is 12.3 Å². The van der Waals surface area contributed by atoms with Crippen molar-refractivity contribution in [3.8, 4) is 0 Å². The van der Waals surface area contributed by atoms with Gasteiger partial charge >= 0.3 is 0 Å². The summed E-state index contributed by atoms with van der Waals surface area (Å²) in [7, 11) is 0. The molecule has 3 rings (SSSR count). The van der Waals surface area contributed by atoms with E-state index in [9.17, 15) is 4.79 Å². The number of nitrogens with zero attached hydrogens (tertiary/aromatic N) is 4. The second-order valence-corrected chi connectivity index (χ2v) is 9.59. The maximum Gasteiger partial charge on any atom is 0.213 e. The van der Waals surface area contributed by atoms with Crippen LogP contribution in [0.4, 0.5) is 5.82 Å². The van der Waals surface area contributed by atoms with Crippen LogP contribution >= 0.6 is 15.9 Å². The van der Waals surface area contributed by atoms with E-state index in [1.165, 1.54) is 0 Å². The first-order valence-electron chi connectivity index (χ1n) is 9.84. The van der Waals surface area contributed by atoms with E-state index >= 15 is 0 Å². The number of aryl methyl sites for hydroxylation is 1. The molecule has 1 fully saturated rings. The molecule has 0 saturated carbocycles. The lowest BCUT2D eigenvalue weighted by atomic mass is 9.96. The van der Waals surface area contributed by atoms with Crippen molar-refractivity contribution in [2.24, 2.45) is 5.41 Å². The van der Waals surface area contributed by atoms with Gasteiger partial charge in [-0.25, -0.2) is 4.98 Å². The Kier molecular flexibility index (Phi) is 6.50. The molecule has 0 spiro atoms. The summed E-state index contributed by atoms with van der Waals surface area (Å²) in [5.74, 6) is 0.793. The zero-order chi connectivity index (χ0) is 20.3. The average molecular weight is 445 g/mol. The predicted molar refractivity (Wildman–Crippen MR) is 117 cm³/mol. The molecular weight excluding hydrogens is 416 g/mol. The summed E-state index contributed by atoms with van der Waals surface area (Å²) in [6.07, 6.45) is 2.81. The number of carbonyl (C=O) groups is 1. The second kappa shape index (κ2) is 8.70. The van der Waals surface area contributed by atoms with E-state index in [0.717, 1.165) is 49.4 Å². The Balaban J connectivity index is 1.76. The van der Waals surface area contributed by atoms with E-state index in [2.05, 4.69) is 51.5 Å². The first-order valence-corrected chi connectivity index (χ1v) is 10.6. The maximum absolute atomic E-state index is 13.0. The molecule has 0 aromatic carbocycles. The standard InChI is InChI=1S/C22H29BrN4O/c1-16-18(13-17(23)14-24-16)21(28)19-7-5-8-20(25-19)27-10-6-9-26(11-12-27)15-22(2,3)4/h5,7-8,13-14H,6,9-12,15H2,1-4H3. The number of pyridine rings is 2. The van der Waals surface area contributed by atoms with Gasteiger partial charge in [0.1, 0.15) is 11.5 Å². The molecule has 1 saturated heterocycles. The van der Waals surface area contributed by atoms with Crippen LogP contribution in [0.5, 0.6) is 0 Å². The summed E-state index contributed by atoms with van der Waals surface area (Å²) in [4.78, 5) is 26.8. The van der Waals surface area contributed by atoms with Gasteiger partial charge in [-0.2, -0.15) is 0 Å². The lowest BCUT2D eigenvalue weighted by Crippen LogP contribution is -2.36. The molecule has 0 amide bonds. The minimum atomic E-state index is -0.0858. The van der Waals surface area contributed by atoms with Crippen molar-refractivity contribution in [3.63, 3.8) is 0 Å². The van der Waals surface area contributed by atoms with Crippen molar-refractivity contribution in [3.05, 3.63) is 51.9 Å². The minimum absolute atomic E-state index is 0.0858. The second-order valence-electron chi connectivity index (χ2n) is 8.67. The Morgan fingerprint density at radius 1 is 1.18 bits per heavy atom. The Morgan fingerprint density at radius 3 is 2.71 bits per heavy atom. The number of halogens is 1. The van der Waals surface area contributed by atoms with Gasteiger partial charge in [-0.3, -0.25) is 9.78 Å². The molecule has 150 valence electrons. The molecule has 0 unspecified atom stereocenters. The lowest BCUT2D eigenvalue weighted by molar-refractivity contribution is 0.103. The number of aromatic nitrogens is 2. The van der Waals surface area contributed by atoms with E-state index in [4.69, 9.17) is 4.98 Å². The highest BCUT2D eigenvalue weighted by molar-refractivity contribution is 9.10. The monoisotopic (exact) mass is 444 g/mol. The van der Waals surface area contributed by atoms with Crippen LogP contribution in [0.25, 0.3) is 0 Å². The van der Waals surface area contributed by atoms with Gasteiger partial charge in [0.15, 0.2) is 0 Å². The number of ketones is 1. The Labute approximate surface area is 176 Å². The van der Waals surface area contributed by atoms with Crippen LogP contribution in [0.15, 0.2) is 34.9 Å². The summed E-state index contributed by atoms with van der Waals surface area (Å²) in [5, 5.41) is 0. The van der Waals surface area contributed by atoms with Gasteiger partial charge in [0, 0.05) is 48.1 Å². The zero-order valence-electron chi connectivity index (χ0n) is 17.2. The van der Waals surface area contributed by atoms with E-state index in [1.807, 2.05) is 25.1 Å². The highest BCUT2D eigenvalue weighted by Crippen LogP contribution is 2.21. The van der Waals surface area contributed by atoms with Crippen LogP contribution < -0.4 is 4.90 Å². The predicted octanol–water partition coefficient (Wildman–Crippen LogP) is 4.34.